The van der Waals surface area contributed by atoms with Gasteiger partial charge in [-0.3, -0.25) is 4.98 Å². The summed E-state index contributed by atoms with van der Waals surface area (Å²) in [6.45, 7) is 0. The molecule has 0 spiro atoms. The number of nitrogens with one attached hydrogen (secondary N) is 1. The third kappa shape index (κ3) is 5.08. The van der Waals surface area contributed by atoms with Crippen LogP contribution in [-0.2, 0) is 10.0 Å². The number of ether oxygens (including phenoxy) is 3. The molecule has 1 heterocycles. The number of rotatable bonds is 7. The van der Waals surface area contributed by atoms with Crippen molar-refractivity contribution < 1.29 is 22.6 Å². The maximum atomic E-state index is 12.6. The lowest BCUT2D eigenvalue weighted by Crippen LogP contribution is -2.39. The number of benzene rings is 1. The highest BCUT2D eigenvalue weighted by Gasteiger charge is 2.27. The minimum atomic E-state index is -3.59. The van der Waals surface area contributed by atoms with Crippen LogP contribution in [0.2, 0.25) is 0 Å². The van der Waals surface area contributed by atoms with Gasteiger partial charge in [-0.25, -0.2) is 13.1 Å². The Bertz CT molecular complexity index is 867. The van der Waals surface area contributed by atoms with Gasteiger partial charge in [-0.2, -0.15) is 4.98 Å². The SMILES string of the molecule is COc1cccc(S(=O)(=O)NC2CCC(Oc3cncc(OC)n3)CC2)c1. The summed E-state index contributed by atoms with van der Waals surface area (Å²) in [6.07, 6.45) is 5.85. The van der Waals surface area contributed by atoms with Gasteiger partial charge in [-0.15, -0.1) is 0 Å². The summed E-state index contributed by atoms with van der Waals surface area (Å²) in [5.41, 5.74) is 0. The highest BCUT2D eigenvalue weighted by atomic mass is 32.2. The second-order valence-corrected chi connectivity index (χ2v) is 8.01. The van der Waals surface area contributed by atoms with Crippen LogP contribution in [0.5, 0.6) is 17.5 Å². The van der Waals surface area contributed by atoms with E-state index < -0.39 is 10.0 Å². The predicted molar refractivity (Wildman–Crippen MR) is 98.6 cm³/mol. The minimum absolute atomic E-state index is 0.0241. The van der Waals surface area contributed by atoms with Crippen molar-refractivity contribution in [3.05, 3.63) is 36.7 Å². The van der Waals surface area contributed by atoms with E-state index in [2.05, 4.69) is 14.7 Å². The first kappa shape index (κ1) is 19.4. The van der Waals surface area contributed by atoms with Gasteiger partial charge >= 0.3 is 0 Å². The first-order chi connectivity index (χ1) is 13.0. The van der Waals surface area contributed by atoms with Gasteiger partial charge in [0.2, 0.25) is 21.8 Å². The van der Waals surface area contributed by atoms with Crippen molar-refractivity contribution in [1.82, 2.24) is 14.7 Å². The monoisotopic (exact) mass is 393 g/mol. The smallest absolute Gasteiger partial charge is 0.240 e. The molecule has 1 fully saturated rings. The Labute approximate surface area is 158 Å². The highest BCUT2D eigenvalue weighted by molar-refractivity contribution is 7.89. The third-order valence-electron chi connectivity index (χ3n) is 4.43. The number of hydrogen-bond acceptors (Lipinski definition) is 7. The summed E-state index contributed by atoms with van der Waals surface area (Å²) < 4.78 is 43.9. The van der Waals surface area contributed by atoms with Gasteiger partial charge in [0.15, 0.2) is 0 Å². The van der Waals surface area contributed by atoms with E-state index >= 15 is 0 Å². The highest BCUT2D eigenvalue weighted by Crippen LogP contribution is 2.25. The molecule has 1 N–H and O–H groups in total. The minimum Gasteiger partial charge on any atom is -0.497 e. The van der Waals surface area contributed by atoms with Crippen LogP contribution < -0.4 is 18.9 Å². The lowest BCUT2D eigenvalue weighted by atomic mass is 9.94. The summed E-state index contributed by atoms with van der Waals surface area (Å²) >= 11 is 0. The second-order valence-electron chi connectivity index (χ2n) is 6.29. The normalized spacial score (nSPS) is 20.1. The van der Waals surface area contributed by atoms with Gasteiger partial charge in [0.05, 0.1) is 31.5 Å². The largest absolute Gasteiger partial charge is 0.497 e. The molecule has 8 nitrogen and oxygen atoms in total. The molecule has 1 aromatic carbocycles. The summed E-state index contributed by atoms with van der Waals surface area (Å²) in [5.74, 6) is 1.32. The molecule has 1 aromatic heterocycles. The molecule has 2 aromatic rings. The third-order valence-corrected chi connectivity index (χ3v) is 5.95. The van der Waals surface area contributed by atoms with E-state index in [0.29, 0.717) is 30.4 Å². The van der Waals surface area contributed by atoms with Gasteiger partial charge in [0, 0.05) is 12.1 Å². The molecule has 9 heteroatoms. The number of methoxy groups -OCH3 is 2. The Morgan fingerprint density at radius 1 is 1.04 bits per heavy atom. The van der Waals surface area contributed by atoms with Crippen LogP contribution in [0.4, 0.5) is 0 Å². The van der Waals surface area contributed by atoms with Gasteiger partial charge in [0.1, 0.15) is 11.9 Å². The van der Waals surface area contributed by atoms with Crippen LogP contribution in [-0.4, -0.2) is 44.8 Å². The summed E-state index contributed by atoms with van der Waals surface area (Å²) in [7, 11) is -0.559. The zero-order chi connectivity index (χ0) is 19.3. The van der Waals surface area contributed by atoms with Gasteiger partial charge in [-0.1, -0.05) is 6.07 Å². The fourth-order valence-corrected chi connectivity index (χ4v) is 4.35. The molecule has 146 valence electrons. The molecule has 0 bridgehead atoms. The van der Waals surface area contributed by atoms with E-state index in [4.69, 9.17) is 14.2 Å². The van der Waals surface area contributed by atoms with Crippen molar-refractivity contribution in [3.8, 4) is 17.5 Å². The maximum Gasteiger partial charge on any atom is 0.240 e. The second kappa shape index (κ2) is 8.53. The van der Waals surface area contributed by atoms with Gasteiger partial charge in [0.25, 0.3) is 0 Å². The fourth-order valence-electron chi connectivity index (χ4n) is 3.01. The molecule has 1 saturated carbocycles. The Morgan fingerprint density at radius 2 is 1.78 bits per heavy atom. The summed E-state index contributed by atoms with van der Waals surface area (Å²) in [6, 6.07) is 6.31. The van der Waals surface area contributed by atoms with Crippen LogP contribution in [0.15, 0.2) is 41.6 Å². The molecule has 0 saturated heterocycles. The first-order valence-corrected chi connectivity index (χ1v) is 10.2. The van der Waals surface area contributed by atoms with Crippen LogP contribution >= 0.6 is 0 Å². The van der Waals surface area contributed by atoms with Crippen LogP contribution in [0.3, 0.4) is 0 Å². The van der Waals surface area contributed by atoms with E-state index in [1.54, 1.807) is 24.4 Å². The number of nitrogens with zero attached hydrogens (tertiary/aromatic N) is 2. The Hall–Kier alpha value is -2.39. The Morgan fingerprint density at radius 3 is 2.48 bits per heavy atom. The van der Waals surface area contributed by atoms with Crippen molar-refractivity contribution in [3.63, 3.8) is 0 Å². The predicted octanol–water partition coefficient (Wildman–Crippen LogP) is 2.16. The lowest BCUT2D eigenvalue weighted by molar-refractivity contribution is 0.136. The molecular formula is C18H23N3O5S. The molecule has 0 atom stereocenters. The van der Waals surface area contributed by atoms with Crippen molar-refractivity contribution in [2.45, 2.75) is 42.7 Å². The summed E-state index contributed by atoms with van der Waals surface area (Å²) in [5, 5.41) is 0. The molecule has 0 amide bonds. The van der Waals surface area contributed by atoms with Crippen molar-refractivity contribution >= 4 is 10.0 Å². The molecule has 27 heavy (non-hydrogen) atoms. The Kier molecular flexibility index (Phi) is 6.12. The van der Waals surface area contributed by atoms with Crippen LogP contribution in [0, 0.1) is 0 Å². The zero-order valence-corrected chi connectivity index (χ0v) is 16.1. The van der Waals surface area contributed by atoms with Gasteiger partial charge < -0.3 is 14.2 Å². The molecule has 0 unspecified atom stereocenters. The molecule has 3 rings (SSSR count). The first-order valence-electron chi connectivity index (χ1n) is 8.69. The van der Waals surface area contributed by atoms with Crippen LogP contribution in [0.25, 0.3) is 0 Å². The van der Waals surface area contributed by atoms with Crippen LogP contribution in [0.1, 0.15) is 25.7 Å². The van der Waals surface area contributed by atoms with Gasteiger partial charge in [-0.05, 0) is 37.8 Å². The molecule has 1 aliphatic carbocycles. The topological polar surface area (TPSA) is 99.6 Å². The molecule has 1 aliphatic rings. The maximum absolute atomic E-state index is 12.6. The van der Waals surface area contributed by atoms with E-state index in [0.717, 1.165) is 12.8 Å². The number of hydrogen-bond donors (Lipinski definition) is 1. The number of sulfonamides is 1. The standard InChI is InChI=1S/C18H23N3O5S/c1-24-15-4-3-5-16(10-15)27(22,23)21-13-6-8-14(9-7-13)26-18-12-19-11-17(20-18)25-2/h3-5,10-14,21H,6-9H2,1-2H3. The van der Waals surface area contributed by atoms with Crippen molar-refractivity contribution in [2.24, 2.45) is 0 Å². The van der Waals surface area contributed by atoms with E-state index in [1.807, 2.05) is 0 Å². The molecular weight excluding hydrogens is 370 g/mol. The van der Waals surface area contributed by atoms with E-state index in [-0.39, 0.29) is 17.0 Å². The number of aromatic nitrogens is 2. The molecule has 0 aliphatic heterocycles. The lowest BCUT2D eigenvalue weighted by Gasteiger charge is -2.29. The van der Waals surface area contributed by atoms with E-state index in [9.17, 15) is 8.42 Å². The average Bonchev–Trinajstić information content (AvgIpc) is 2.69. The quantitative estimate of drug-likeness (QED) is 0.769. The molecule has 0 radical (unpaired) electrons. The van der Waals surface area contributed by atoms with E-state index in [1.165, 1.54) is 26.5 Å². The average molecular weight is 393 g/mol. The fraction of sp³-hybridized carbons (Fsp3) is 0.444. The van der Waals surface area contributed by atoms with Crippen molar-refractivity contribution in [2.75, 3.05) is 14.2 Å². The zero-order valence-electron chi connectivity index (χ0n) is 15.3. The summed E-state index contributed by atoms with van der Waals surface area (Å²) in [4.78, 5) is 8.41. The van der Waals surface area contributed by atoms with Crippen molar-refractivity contribution in [1.29, 1.82) is 0 Å². The Balaban J connectivity index is 1.55.